The van der Waals surface area contributed by atoms with Crippen LogP contribution in [0.2, 0.25) is 0 Å². The van der Waals surface area contributed by atoms with E-state index in [0.29, 0.717) is 22.6 Å². The van der Waals surface area contributed by atoms with Crippen molar-refractivity contribution >= 4 is 35.0 Å². The monoisotopic (exact) mass is 472 g/mol. The molecule has 8 heteroatoms. The highest BCUT2D eigenvalue weighted by atomic mass is 32.2. The van der Waals surface area contributed by atoms with Crippen molar-refractivity contribution in [3.63, 3.8) is 0 Å². The predicted molar refractivity (Wildman–Crippen MR) is 136 cm³/mol. The van der Waals surface area contributed by atoms with Gasteiger partial charge in [0, 0.05) is 23.2 Å². The maximum absolute atomic E-state index is 13.0. The van der Waals surface area contributed by atoms with Gasteiger partial charge in [0.25, 0.3) is 11.5 Å². The third-order valence-corrected chi connectivity index (χ3v) is 6.33. The van der Waals surface area contributed by atoms with Gasteiger partial charge < -0.3 is 10.6 Å². The number of nitrogens with one attached hydrogen (secondary N) is 2. The van der Waals surface area contributed by atoms with Crippen LogP contribution in [0.3, 0.4) is 0 Å². The fourth-order valence-corrected chi connectivity index (χ4v) is 4.22. The quantitative estimate of drug-likeness (QED) is 0.389. The molecule has 2 amide bonds. The third kappa shape index (κ3) is 5.13. The molecule has 0 aliphatic heterocycles. The Morgan fingerprint density at radius 2 is 1.56 bits per heavy atom. The fourth-order valence-electron chi connectivity index (χ4n) is 3.50. The molecule has 172 valence electrons. The molecule has 3 aromatic carbocycles. The van der Waals surface area contributed by atoms with E-state index in [-0.39, 0.29) is 22.9 Å². The van der Waals surface area contributed by atoms with Crippen LogP contribution >= 0.6 is 11.8 Å². The number of nitrogens with zero attached hydrogens (tertiary/aromatic N) is 2. The summed E-state index contributed by atoms with van der Waals surface area (Å²) in [5.74, 6) is -0.348. The van der Waals surface area contributed by atoms with Gasteiger partial charge in [0.2, 0.25) is 5.91 Å². The van der Waals surface area contributed by atoms with Gasteiger partial charge in [-0.05, 0) is 49.4 Å². The zero-order chi connectivity index (χ0) is 24.1. The minimum Gasteiger partial charge on any atom is -0.325 e. The molecule has 0 aliphatic carbocycles. The molecule has 2 N–H and O–H groups in total. The van der Waals surface area contributed by atoms with Crippen molar-refractivity contribution in [1.82, 2.24) is 9.36 Å². The Morgan fingerprint density at radius 3 is 2.26 bits per heavy atom. The van der Waals surface area contributed by atoms with E-state index in [9.17, 15) is 14.4 Å². The van der Waals surface area contributed by atoms with Crippen molar-refractivity contribution in [3.05, 3.63) is 107 Å². The minimum atomic E-state index is -0.430. The molecule has 7 nitrogen and oxygen atoms in total. The molecule has 0 bridgehead atoms. The highest BCUT2D eigenvalue weighted by Gasteiger charge is 2.19. The second-order valence-corrected chi connectivity index (χ2v) is 8.67. The normalized spacial score (nSPS) is 10.6. The molecule has 0 aliphatic rings. The van der Waals surface area contributed by atoms with Crippen molar-refractivity contribution < 1.29 is 9.59 Å². The summed E-state index contributed by atoms with van der Waals surface area (Å²) in [6.07, 6.45) is 0. The van der Waals surface area contributed by atoms with Gasteiger partial charge in [-0.1, -0.05) is 42.5 Å². The van der Waals surface area contributed by atoms with Crippen molar-refractivity contribution in [2.75, 3.05) is 16.4 Å². The zero-order valence-electron chi connectivity index (χ0n) is 18.8. The Balaban J connectivity index is 1.47. The molecule has 1 aromatic heterocycles. The molecular formula is C26H24N4O3S. The maximum atomic E-state index is 13.0. The number of benzene rings is 3. The number of para-hydroxylation sites is 1. The smallest absolute Gasteiger partial charge is 0.295 e. The summed E-state index contributed by atoms with van der Waals surface area (Å²) in [6, 6.07) is 25.5. The highest BCUT2D eigenvalue weighted by Crippen LogP contribution is 2.19. The molecule has 0 saturated carbocycles. The zero-order valence-corrected chi connectivity index (χ0v) is 19.6. The molecule has 34 heavy (non-hydrogen) atoms. The summed E-state index contributed by atoms with van der Waals surface area (Å²) in [6.45, 7) is 1.78. The summed E-state index contributed by atoms with van der Waals surface area (Å²) in [4.78, 5) is 39.3. The first-order valence-corrected chi connectivity index (χ1v) is 11.7. The lowest BCUT2D eigenvalue weighted by Crippen LogP contribution is -2.23. The van der Waals surface area contributed by atoms with Crippen LogP contribution < -0.4 is 16.2 Å². The number of anilines is 2. The Morgan fingerprint density at radius 1 is 0.882 bits per heavy atom. The summed E-state index contributed by atoms with van der Waals surface area (Å²) < 4.78 is 3.21. The number of amides is 2. The van der Waals surface area contributed by atoms with Crippen LogP contribution in [0.25, 0.3) is 5.69 Å². The van der Waals surface area contributed by atoms with E-state index in [1.807, 2.05) is 60.7 Å². The Kier molecular flexibility index (Phi) is 6.98. The fraction of sp³-hybridized carbons (Fsp3) is 0.115. The van der Waals surface area contributed by atoms with Crippen molar-refractivity contribution in [2.24, 2.45) is 7.05 Å². The molecule has 4 rings (SSSR count). The first kappa shape index (κ1) is 23.1. The predicted octanol–water partition coefficient (Wildman–Crippen LogP) is 4.47. The van der Waals surface area contributed by atoms with E-state index < -0.39 is 5.91 Å². The van der Waals surface area contributed by atoms with Gasteiger partial charge in [0.15, 0.2) is 0 Å². The van der Waals surface area contributed by atoms with Gasteiger partial charge in [-0.25, -0.2) is 4.68 Å². The summed E-state index contributed by atoms with van der Waals surface area (Å²) in [5, 5.41) is 5.56. The summed E-state index contributed by atoms with van der Waals surface area (Å²) in [7, 11) is 1.77. The number of thioether (sulfide) groups is 1. The van der Waals surface area contributed by atoms with Gasteiger partial charge in [-0.2, -0.15) is 0 Å². The number of carbonyl (C=O) groups is 2. The summed E-state index contributed by atoms with van der Waals surface area (Å²) >= 11 is 1.43. The van der Waals surface area contributed by atoms with Crippen LogP contribution in [-0.2, 0) is 11.8 Å². The van der Waals surface area contributed by atoms with Crippen LogP contribution in [0.15, 0.2) is 94.6 Å². The average molecular weight is 473 g/mol. The van der Waals surface area contributed by atoms with Crippen molar-refractivity contribution in [2.45, 2.75) is 11.8 Å². The summed E-state index contributed by atoms with van der Waals surface area (Å²) in [5.41, 5.74) is 2.08. The van der Waals surface area contributed by atoms with Crippen molar-refractivity contribution in [3.8, 4) is 5.69 Å². The van der Waals surface area contributed by atoms with E-state index in [0.717, 1.165) is 4.90 Å². The number of rotatable bonds is 7. The molecule has 0 fully saturated rings. The van der Waals surface area contributed by atoms with Crippen LogP contribution in [0.1, 0.15) is 16.1 Å². The van der Waals surface area contributed by atoms with Crippen LogP contribution in [-0.4, -0.2) is 26.9 Å². The van der Waals surface area contributed by atoms with Gasteiger partial charge >= 0.3 is 0 Å². The first-order chi connectivity index (χ1) is 16.4. The van der Waals surface area contributed by atoms with Crippen LogP contribution in [0.4, 0.5) is 11.4 Å². The number of aromatic nitrogens is 2. The SMILES string of the molecule is Cc1c(NC(=O)c2cccc(NC(=O)CSc3ccccc3)c2)c(=O)n(-c2ccccc2)n1C. The molecule has 0 saturated heterocycles. The largest absolute Gasteiger partial charge is 0.325 e. The molecular weight excluding hydrogens is 448 g/mol. The van der Waals surface area contributed by atoms with Gasteiger partial charge in [-0.3, -0.25) is 19.1 Å². The minimum absolute atomic E-state index is 0.170. The lowest BCUT2D eigenvalue weighted by atomic mass is 10.2. The lowest BCUT2D eigenvalue weighted by molar-refractivity contribution is -0.113. The van der Waals surface area contributed by atoms with E-state index in [2.05, 4.69) is 10.6 Å². The molecule has 0 spiro atoms. The molecule has 0 unspecified atom stereocenters. The van der Waals surface area contributed by atoms with E-state index >= 15 is 0 Å². The van der Waals surface area contributed by atoms with Crippen molar-refractivity contribution in [1.29, 1.82) is 0 Å². The van der Waals surface area contributed by atoms with Gasteiger partial charge in [0.05, 0.1) is 17.1 Å². The topological polar surface area (TPSA) is 85.1 Å². The standard InChI is InChI=1S/C26H24N4O3S/c1-18-24(26(33)30(29(18)2)21-12-5-3-6-13-21)28-25(32)19-10-9-11-20(16-19)27-23(31)17-34-22-14-7-4-8-15-22/h3-16H,17H2,1-2H3,(H,27,31)(H,28,32). The van der Waals surface area contributed by atoms with E-state index in [4.69, 9.17) is 0 Å². The van der Waals surface area contributed by atoms with Gasteiger partial charge in [-0.15, -0.1) is 11.8 Å². The number of hydrogen-bond acceptors (Lipinski definition) is 4. The van der Waals surface area contributed by atoms with E-state index in [1.165, 1.54) is 16.4 Å². The lowest BCUT2D eigenvalue weighted by Gasteiger charge is -2.08. The van der Waals surface area contributed by atoms with Crippen LogP contribution in [0, 0.1) is 6.92 Å². The Labute approximate surface area is 201 Å². The molecule has 0 radical (unpaired) electrons. The van der Waals surface area contributed by atoms with E-state index in [1.54, 1.807) is 42.9 Å². The third-order valence-electron chi connectivity index (χ3n) is 5.31. The number of hydrogen-bond donors (Lipinski definition) is 2. The second kappa shape index (κ2) is 10.3. The average Bonchev–Trinajstić information content (AvgIpc) is 3.07. The molecule has 4 aromatic rings. The first-order valence-electron chi connectivity index (χ1n) is 10.7. The van der Waals surface area contributed by atoms with Crippen LogP contribution in [0.5, 0.6) is 0 Å². The Bertz CT molecular complexity index is 1380. The van der Waals surface area contributed by atoms with Gasteiger partial charge in [0.1, 0.15) is 5.69 Å². The Hall–Kier alpha value is -4.04. The molecule has 1 heterocycles. The second-order valence-electron chi connectivity index (χ2n) is 7.62. The maximum Gasteiger partial charge on any atom is 0.295 e. The highest BCUT2D eigenvalue weighted by molar-refractivity contribution is 8.00. The molecule has 0 atom stereocenters. The number of carbonyl (C=O) groups excluding carboxylic acids is 2.